The quantitative estimate of drug-likeness (QED) is 0.314. The molecule has 0 fully saturated rings. The van der Waals surface area contributed by atoms with Gasteiger partial charge < -0.3 is 34.6 Å². The van der Waals surface area contributed by atoms with Crippen molar-refractivity contribution in [2.45, 2.75) is 47.7 Å². The normalized spacial score (nSPS) is 9.33. The van der Waals surface area contributed by atoms with Crippen LogP contribution in [0.2, 0.25) is 0 Å². The molecule has 0 heterocycles. The van der Waals surface area contributed by atoms with Crippen molar-refractivity contribution in [2.24, 2.45) is 0 Å². The molecule has 7 nitrogen and oxygen atoms in total. The summed E-state index contributed by atoms with van der Waals surface area (Å²) in [5.74, 6) is 0. The average Bonchev–Trinajstić information content (AvgIpc) is 2.90. The highest BCUT2D eigenvalue weighted by molar-refractivity contribution is 5.14. The average molecular weight is 513 g/mol. The Labute approximate surface area is 221 Å². The van der Waals surface area contributed by atoms with E-state index in [4.69, 9.17) is 20.1 Å². The monoisotopic (exact) mass is 512 g/mol. The maximum Gasteiger partial charge on any atom is 0.106 e. The highest BCUT2D eigenvalue weighted by atomic mass is 16.3. The predicted octanol–water partition coefficient (Wildman–Crippen LogP) is 2.18. The van der Waals surface area contributed by atoms with Crippen LogP contribution in [0.5, 0.6) is 0 Å². The fourth-order valence-corrected chi connectivity index (χ4v) is 2.82. The molecule has 0 spiro atoms. The number of nitrogens with one attached hydrogen (secondary N) is 1. The first-order valence-corrected chi connectivity index (χ1v) is 12.9. The molecule has 0 radical (unpaired) electrons. The van der Waals surface area contributed by atoms with E-state index in [1.165, 1.54) is 16.0 Å². The summed E-state index contributed by atoms with van der Waals surface area (Å²) in [5.41, 5.74) is 2.63. The van der Waals surface area contributed by atoms with Crippen LogP contribution >= 0.6 is 0 Å². The third-order valence-corrected chi connectivity index (χ3v) is 4.47. The molecule has 2 aromatic rings. The van der Waals surface area contributed by atoms with Crippen LogP contribution in [0.15, 0.2) is 60.7 Å². The second-order valence-corrected chi connectivity index (χ2v) is 7.69. The largest absolute Gasteiger partial charge is 0.397 e. The SMILES string of the molecule is C=O.CC.CC.CCO.C[N+](C)(CCO)CCO.OCC[NH+](Cc1ccccc1)Cc1ccccc1. The molecule has 2 rings (SSSR count). The van der Waals surface area contributed by atoms with Gasteiger partial charge in [-0.25, -0.2) is 0 Å². The Bertz CT molecular complexity index is 579. The van der Waals surface area contributed by atoms with E-state index in [0.717, 1.165) is 19.6 Å². The number of aliphatic hydroxyl groups excluding tert-OH is 4. The number of nitrogens with zero attached hydrogens (tertiary/aromatic N) is 1. The number of hydrogen-bond acceptors (Lipinski definition) is 5. The minimum absolute atomic E-state index is 0.188. The van der Waals surface area contributed by atoms with Gasteiger partial charge in [-0.1, -0.05) is 88.4 Å². The van der Waals surface area contributed by atoms with E-state index in [9.17, 15) is 5.11 Å². The lowest BCUT2D eigenvalue weighted by Crippen LogP contribution is -3.09. The number of hydrogen-bond donors (Lipinski definition) is 5. The van der Waals surface area contributed by atoms with Crippen molar-refractivity contribution >= 4 is 6.79 Å². The van der Waals surface area contributed by atoms with Crippen molar-refractivity contribution in [3.05, 3.63) is 71.8 Å². The highest BCUT2D eigenvalue weighted by Gasteiger charge is 2.11. The molecule has 0 unspecified atom stereocenters. The van der Waals surface area contributed by atoms with Gasteiger partial charge in [0.05, 0.1) is 33.9 Å². The third kappa shape index (κ3) is 28.1. The Morgan fingerprint density at radius 3 is 1.22 bits per heavy atom. The van der Waals surface area contributed by atoms with Crippen molar-refractivity contribution in [3.63, 3.8) is 0 Å². The van der Waals surface area contributed by atoms with Crippen molar-refractivity contribution in [2.75, 3.05) is 60.2 Å². The summed E-state index contributed by atoms with van der Waals surface area (Å²) in [7, 11) is 3.96. The maximum atomic E-state index is 9.17. The van der Waals surface area contributed by atoms with E-state index < -0.39 is 0 Å². The zero-order valence-electron chi connectivity index (χ0n) is 24.0. The lowest BCUT2D eigenvalue weighted by Gasteiger charge is -2.27. The van der Waals surface area contributed by atoms with E-state index in [1.807, 2.05) is 60.7 Å². The number of aliphatic hydroxyl groups is 4. The van der Waals surface area contributed by atoms with Gasteiger partial charge in [0, 0.05) is 17.7 Å². The van der Waals surface area contributed by atoms with E-state index in [-0.39, 0.29) is 26.4 Å². The Hall–Kier alpha value is -2.13. The molecule has 5 N–H and O–H groups in total. The highest BCUT2D eigenvalue weighted by Crippen LogP contribution is 1.98. The summed E-state index contributed by atoms with van der Waals surface area (Å²) < 4.78 is 0.688. The molecule has 0 aliphatic heterocycles. The van der Waals surface area contributed by atoms with Crippen LogP contribution in [-0.2, 0) is 17.9 Å². The summed E-state index contributed by atoms with van der Waals surface area (Å²) in [5, 5.41) is 33.8. The molecule has 0 saturated carbocycles. The number of likely N-dealkylation sites (N-methyl/N-ethyl adjacent to an activating group) is 1. The first-order chi connectivity index (χ1) is 17.4. The molecular formula is C29H56N2O5+2. The second kappa shape index (κ2) is 32.9. The summed E-state index contributed by atoms with van der Waals surface area (Å²) in [6.45, 7) is 16.6. The topological polar surface area (TPSA) is 102 Å². The Morgan fingerprint density at radius 2 is 0.972 bits per heavy atom. The molecule has 0 aromatic heterocycles. The number of carbonyl (C=O) groups is 1. The van der Waals surface area contributed by atoms with Crippen LogP contribution in [-0.4, -0.2) is 91.9 Å². The predicted molar refractivity (Wildman–Crippen MR) is 152 cm³/mol. The van der Waals surface area contributed by atoms with Crippen molar-refractivity contribution in [1.82, 2.24) is 0 Å². The fraction of sp³-hybridized carbons (Fsp3) is 0.552. The van der Waals surface area contributed by atoms with Crippen molar-refractivity contribution in [3.8, 4) is 0 Å². The molecular weight excluding hydrogens is 456 g/mol. The Kier molecular flexibility index (Phi) is 37.4. The van der Waals surface area contributed by atoms with Crippen LogP contribution in [0.25, 0.3) is 0 Å². The summed E-state index contributed by atoms with van der Waals surface area (Å²) >= 11 is 0. The van der Waals surface area contributed by atoms with Crippen molar-refractivity contribution in [1.29, 1.82) is 0 Å². The molecule has 2 aromatic carbocycles. The lowest BCUT2D eigenvalue weighted by molar-refractivity contribution is -0.927. The number of carbonyl (C=O) groups excluding carboxylic acids is 1. The number of benzene rings is 2. The first kappa shape index (κ1) is 41.0. The van der Waals surface area contributed by atoms with Gasteiger partial charge >= 0.3 is 0 Å². The van der Waals surface area contributed by atoms with Crippen LogP contribution in [0.3, 0.4) is 0 Å². The molecule has 0 bridgehead atoms. The minimum atomic E-state index is 0.188. The van der Waals surface area contributed by atoms with Crippen LogP contribution < -0.4 is 4.90 Å². The molecule has 0 aliphatic carbocycles. The minimum Gasteiger partial charge on any atom is -0.397 e. The van der Waals surface area contributed by atoms with Crippen LogP contribution in [0.1, 0.15) is 45.7 Å². The third-order valence-electron chi connectivity index (χ3n) is 4.47. The smallest absolute Gasteiger partial charge is 0.106 e. The number of quaternary nitrogens is 2. The lowest BCUT2D eigenvalue weighted by atomic mass is 10.1. The van der Waals surface area contributed by atoms with Crippen LogP contribution in [0.4, 0.5) is 0 Å². The Morgan fingerprint density at radius 1 is 0.667 bits per heavy atom. The zero-order chi connectivity index (χ0) is 28.7. The van der Waals surface area contributed by atoms with E-state index in [2.05, 4.69) is 48.5 Å². The maximum absolute atomic E-state index is 9.17. The van der Waals surface area contributed by atoms with Crippen molar-refractivity contribution < 1.29 is 34.6 Å². The summed E-state index contributed by atoms with van der Waals surface area (Å²) in [4.78, 5) is 9.38. The van der Waals surface area contributed by atoms with Gasteiger partial charge in [-0.2, -0.15) is 0 Å². The van der Waals surface area contributed by atoms with E-state index >= 15 is 0 Å². The van der Waals surface area contributed by atoms with E-state index in [1.54, 1.807) is 6.92 Å². The fourth-order valence-electron chi connectivity index (χ4n) is 2.82. The van der Waals surface area contributed by atoms with Gasteiger partial charge in [-0.3, -0.25) is 0 Å². The standard InChI is InChI=1S/C16H19NO.C6H16NO2.C2H6O.2C2H6.CH2O/c18-12-11-17(13-15-7-3-1-4-8-15)14-16-9-5-2-6-10-16;1-7(2,3-5-8)4-6-9;1-2-3;3*1-2/h1-10,18H,11-14H2;8-9H,3-6H2,1-2H3;3H,2H2,1H3;2*1-2H3;1H2/q;+1;;;;/p+1. The molecule has 36 heavy (non-hydrogen) atoms. The molecule has 0 atom stereocenters. The van der Waals surface area contributed by atoms with E-state index in [0.29, 0.717) is 17.6 Å². The van der Waals surface area contributed by atoms with Gasteiger partial charge in [0.25, 0.3) is 0 Å². The van der Waals surface area contributed by atoms with Gasteiger partial charge in [-0.05, 0) is 6.92 Å². The number of rotatable bonds is 10. The van der Waals surface area contributed by atoms with Gasteiger partial charge in [-0.15, -0.1) is 0 Å². The zero-order valence-corrected chi connectivity index (χ0v) is 24.0. The second-order valence-electron chi connectivity index (χ2n) is 7.69. The van der Waals surface area contributed by atoms with Gasteiger partial charge in [0.2, 0.25) is 0 Å². The summed E-state index contributed by atoms with van der Waals surface area (Å²) in [6, 6.07) is 20.9. The molecule has 0 aliphatic rings. The summed E-state index contributed by atoms with van der Waals surface area (Å²) in [6.07, 6.45) is 0. The molecule has 210 valence electrons. The van der Waals surface area contributed by atoms with Gasteiger partial charge in [0.15, 0.2) is 0 Å². The van der Waals surface area contributed by atoms with Gasteiger partial charge in [0.1, 0.15) is 39.5 Å². The van der Waals surface area contributed by atoms with Crippen LogP contribution in [0, 0.1) is 0 Å². The molecule has 0 amide bonds. The Balaban J connectivity index is -0.000000240. The first-order valence-electron chi connectivity index (χ1n) is 12.9. The molecule has 0 saturated heterocycles. The molecule has 7 heteroatoms.